The molecule has 0 aromatic rings. The molecule has 1 amide bonds. The van der Waals surface area contributed by atoms with Gasteiger partial charge in [-0.2, -0.15) is 0 Å². The number of primary amides is 1. The van der Waals surface area contributed by atoms with Crippen molar-refractivity contribution in [2.45, 2.75) is 25.8 Å². The Balaban J connectivity index is 2.32. The molecular formula is C12H25N3O2. The number of ether oxygens (including phenoxy) is 1. The SMILES string of the molecule is CCCNC(CN1CCC(COC)C1)C(N)=O. The third-order valence-electron chi connectivity index (χ3n) is 3.20. The zero-order chi connectivity index (χ0) is 12.7. The zero-order valence-corrected chi connectivity index (χ0v) is 10.9. The second-order valence-corrected chi connectivity index (χ2v) is 4.78. The summed E-state index contributed by atoms with van der Waals surface area (Å²) in [6, 6.07) is -0.226. The van der Waals surface area contributed by atoms with E-state index in [2.05, 4.69) is 17.1 Å². The quantitative estimate of drug-likeness (QED) is 0.620. The Labute approximate surface area is 104 Å². The van der Waals surface area contributed by atoms with Gasteiger partial charge in [-0.1, -0.05) is 6.92 Å². The van der Waals surface area contributed by atoms with E-state index in [9.17, 15) is 4.79 Å². The number of carbonyl (C=O) groups is 1. The van der Waals surface area contributed by atoms with E-state index in [-0.39, 0.29) is 11.9 Å². The minimum Gasteiger partial charge on any atom is -0.384 e. The molecule has 5 nitrogen and oxygen atoms in total. The topological polar surface area (TPSA) is 67.6 Å². The van der Waals surface area contributed by atoms with E-state index in [1.165, 1.54) is 0 Å². The molecule has 0 bridgehead atoms. The molecule has 3 N–H and O–H groups in total. The van der Waals surface area contributed by atoms with Crippen molar-refractivity contribution >= 4 is 5.91 Å². The van der Waals surface area contributed by atoms with Gasteiger partial charge in [0.05, 0.1) is 12.6 Å². The van der Waals surface area contributed by atoms with Gasteiger partial charge < -0.3 is 20.7 Å². The first-order chi connectivity index (χ1) is 8.17. The Kier molecular flexibility index (Phi) is 6.47. The third kappa shape index (κ3) is 5.02. The number of carbonyl (C=O) groups excluding carboxylic acids is 1. The molecule has 0 aromatic carbocycles. The maximum atomic E-state index is 11.3. The first-order valence-electron chi connectivity index (χ1n) is 6.41. The Hall–Kier alpha value is -0.650. The van der Waals surface area contributed by atoms with Crippen LogP contribution in [0.1, 0.15) is 19.8 Å². The molecule has 0 aliphatic carbocycles. The number of nitrogens with zero attached hydrogens (tertiary/aromatic N) is 1. The highest BCUT2D eigenvalue weighted by Crippen LogP contribution is 2.16. The van der Waals surface area contributed by atoms with Gasteiger partial charge in [0.15, 0.2) is 0 Å². The Morgan fingerprint density at radius 1 is 1.65 bits per heavy atom. The largest absolute Gasteiger partial charge is 0.384 e. The summed E-state index contributed by atoms with van der Waals surface area (Å²) >= 11 is 0. The summed E-state index contributed by atoms with van der Waals surface area (Å²) in [6.45, 7) is 6.48. The fourth-order valence-electron chi connectivity index (χ4n) is 2.28. The van der Waals surface area contributed by atoms with E-state index < -0.39 is 0 Å². The average Bonchev–Trinajstić information content (AvgIpc) is 2.72. The van der Waals surface area contributed by atoms with Gasteiger partial charge in [-0.15, -0.1) is 0 Å². The Morgan fingerprint density at radius 2 is 2.41 bits per heavy atom. The molecule has 1 aliphatic heterocycles. The molecular weight excluding hydrogens is 218 g/mol. The predicted molar refractivity (Wildman–Crippen MR) is 67.7 cm³/mol. The van der Waals surface area contributed by atoms with Gasteiger partial charge in [0.25, 0.3) is 0 Å². The fraction of sp³-hybridized carbons (Fsp3) is 0.917. The summed E-state index contributed by atoms with van der Waals surface area (Å²) in [5.74, 6) is 0.341. The highest BCUT2D eigenvalue weighted by molar-refractivity contribution is 5.80. The fourth-order valence-corrected chi connectivity index (χ4v) is 2.28. The number of rotatable bonds is 8. The minimum atomic E-state index is -0.256. The van der Waals surface area contributed by atoms with E-state index in [1.807, 2.05) is 0 Å². The van der Waals surface area contributed by atoms with Crippen molar-refractivity contribution in [3.8, 4) is 0 Å². The normalized spacial score (nSPS) is 22.8. The lowest BCUT2D eigenvalue weighted by atomic mass is 10.1. The Bertz CT molecular complexity index is 236. The van der Waals surface area contributed by atoms with E-state index >= 15 is 0 Å². The molecule has 1 rings (SSSR count). The molecule has 2 atom stereocenters. The van der Waals surface area contributed by atoms with Crippen LogP contribution in [0, 0.1) is 5.92 Å². The van der Waals surface area contributed by atoms with Crippen molar-refractivity contribution in [2.24, 2.45) is 11.7 Å². The van der Waals surface area contributed by atoms with Crippen molar-refractivity contribution in [2.75, 3.05) is 39.9 Å². The van der Waals surface area contributed by atoms with Crippen LogP contribution < -0.4 is 11.1 Å². The smallest absolute Gasteiger partial charge is 0.235 e. The first kappa shape index (κ1) is 14.4. The first-order valence-corrected chi connectivity index (χ1v) is 6.41. The maximum Gasteiger partial charge on any atom is 0.235 e. The number of nitrogens with one attached hydrogen (secondary N) is 1. The molecule has 100 valence electrons. The number of hydrogen-bond acceptors (Lipinski definition) is 4. The molecule has 1 aliphatic rings. The van der Waals surface area contributed by atoms with Crippen molar-refractivity contribution in [3.05, 3.63) is 0 Å². The molecule has 1 fully saturated rings. The van der Waals surface area contributed by atoms with E-state index in [0.29, 0.717) is 5.92 Å². The third-order valence-corrected chi connectivity index (χ3v) is 3.20. The molecule has 0 spiro atoms. The van der Waals surface area contributed by atoms with Gasteiger partial charge in [0.2, 0.25) is 5.91 Å². The molecule has 0 saturated carbocycles. The van der Waals surface area contributed by atoms with E-state index in [1.54, 1.807) is 7.11 Å². The van der Waals surface area contributed by atoms with Gasteiger partial charge in [-0.3, -0.25) is 4.79 Å². The number of nitrogens with two attached hydrogens (primary N) is 1. The Morgan fingerprint density at radius 3 is 3.00 bits per heavy atom. The number of amides is 1. The zero-order valence-electron chi connectivity index (χ0n) is 10.9. The van der Waals surface area contributed by atoms with Gasteiger partial charge in [-0.25, -0.2) is 0 Å². The molecule has 1 saturated heterocycles. The summed E-state index contributed by atoms with van der Waals surface area (Å²) in [4.78, 5) is 13.6. The van der Waals surface area contributed by atoms with Gasteiger partial charge in [0.1, 0.15) is 0 Å². The number of hydrogen-bond donors (Lipinski definition) is 2. The van der Waals surface area contributed by atoms with Crippen LogP contribution in [-0.2, 0) is 9.53 Å². The molecule has 0 aromatic heterocycles. The summed E-state index contributed by atoms with van der Waals surface area (Å²) in [5, 5.41) is 3.20. The van der Waals surface area contributed by atoms with E-state index in [0.717, 1.165) is 45.6 Å². The summed E-state index contributed by atoms with van der Waals surface area (Å²) in [5.41, 5.74) is 5.40. The molecule has 5 heteroatoms. The van der Waals surface area contributed by atoms with Gasteiger partial charge >= 0.3 is 0 Å². The number of methoxy groups -OCH3 is 1. The lowest BCUT2D eigenvalue weighted by Crippen LogP contribution is -2.49. The van der Waals surface area contributed by atoms with Crippen LogP contribution in [0.5, 0.6) is 0 Å². The number of likely N-dealkylation sites (tertiary alicyclic amines) is 1. The molecule has 1 heterocycles. The maximum absolute atomic E-state index is 11.3. The van der Waals surface area contributed by atoms with Crippen LogP contribution in [0.15, 0.2) is 0 Å². The van der Waals surface area contributed by atoms with Crippen LogP contribution >= 0.6 is 0 Å². The summed E-state index contributed by atoms with van der Waals surface area (Å²) in [6.07, 6.45) is 2.16. The van der Waals surface area contributed by atoms with Crippen molar-refractivity contribution < 1.29 is 9.53 Å². The van der Waals surface area contributed by atoms with Crippen molar-refractivity contribution in [1.29, 1.82) is 0 Å². The molecule has 17 heavy (non-hydrogen) atoms. The van der Waals surface area contributed by atoms with E-state index in [4.69, 9.17) is 10.5 Å². The molecule has 0 radical (unpaired) electrons. The summed E-state index contributed by atoms with van der Waals surface area (Å²) < 4.78 is 5.16. The monoisotopic (exact) mass is 243 g/mol. The standard InChI is InChI=1S/C12H25N3O2/c1-3-5-14-11(12(13)16)8-15-6-4-10(7-15)9-17-2/h10-11,14H,3-9H2,1-2H3,(H2,13,16). The van der Waals surface area contributed by atoms with Crippen molar-refractivity contribution in [3.63, 3.8) is 0 Å². The van der Waals surface area contributed by atoms with Gasteiger partial charge in [0, 0.05) is 20.2 Å². The lowest BCUT2D eigenvalue weighted by Gasteiger charge is -2.22. The lowest BCUT2D eigenvalue weighted by molar-refractivity contribution is -0.120. The highest BCUT2D eigenvalue weighted by Gasteiger charge is 2.26. The van der Waals surface area contributed by atoms with Crippen LogP contribution in [0.3, 0.4) is 0 Å². The highest BCUT2D eigenvalue weighted by atomic mass is 16.5. The minimum absolute atomic E-state index is 0.226. The second-order valence-electron chi connectivity index (χ2n) is 4.78. The van der Waals surface area contributed by atoms with Crippen LogP contribution in [0.2, 0.25) is 0 Å². The van der Waals surface area contributed by atoms with Crippen molar-refractivity contribution in [1.82, 2.24) is 10.2 Å². The predicted octanol–water partition coefficient (Wildman–Crippen LogP) is -0.192. The second kappa shape index (κ2) is 7.63. The van der Waals surface area contributed by atoms with Crippen LogP contribution in [0.4, 0.5) is 0 Å². The van der Waals surface area contributed by atoms with Crippen LogP contribution in [0.25, 0.3) is 0 Å². The van der Waals surface area contributed by atoms with Gasteiger partial charge in [-0.05, 0) is 31.8 Å². The summed E-state index contributed by atoms with van der Waals surface area (Å²) in [7, 11) is 1.73. The molecule has 2 unspecified atom stereocenters. The average molecular weight is 243 g/mol. The van der Waals surface area contributed by atoms with Crippen LogP contribution in [-0.4, -0.2) is 56.7 Å².